The summed E-state index contributed by atoms with van der Waals surface area (Å²) in [7, 11) is 0. The van der Waals surface area contributed by atoms with Crippen LogP contribution in [0, 0.1) is 0 Å². The average molecular weight is 220 g/mol. The van der Waals surface area contributed by atoms with Gasteiger partial charge in [0.1, 0.15) is 0 Å². The first kappa shape index (κ1) is 11.9. The number of pyridine rings is 1. The van der Waals surface area contributed by atoms with Crippen LogP contribution >= 0.6 is 0 Å². The van der Waals surface area contributed by atoms with Gasteiger partial charge in [-0.3, -0.25) is 4.98 Å². The summed E-state index contributed by atoms with van der Waals surface area (Å²) in [6.45, 7) is 0.123. The van der Waals surface area contributed by atoms with Crippen LogP contribution in [0.2, 0.25) is 0 Å². The highest BCUT2D eigenvalue weighted by molar-refractivity contribution is 5.22. The molecule has 0 atom stereocenters. The summed E-state index contributed by atoms with van der Waals surface area (Å²) in [5.41, 5.74) is -0.797. The van der Waals surface area contributed by atoms with Gasteiger partial charge >= 0.3 is 6.18 Å². The third kappa shape index (κ3) is 3.49. The van der Waals surface area contributed by atoms with Gasteiger partial charge in [-0.25, -0.2) is 0 Å². The van der Waals surface area contributed by atoms with E-state index in [1.165, 1.54) is 12.3 Å². The lowest BCUT2D eigenvalue weighted by Gasteiger charge is -2.11. The highest BCUT2D eigenvalue weighted by Crippen LogP contribution is 2.30. The van der Waals surface area contributed by atoms with E-state index in [-0.39, 0.29) is 25.4 Å². The zero-order valence-corrected chi connectivity index (χ0v) is 7.88. The van der Waals surface area contributed by atoms with Crippen LogP contribution in [0.1, 0.15) is 11.3 Å². The van der Waals surface area contributed by atoms with Crippen molar-refractivity contribution in [1.29, 1.82) is 0 Å². The Morgan fingerprint density at radius 3 is 2.73 bits per heavy atom. The van der Waals surface area contributed by atoms with Gasteiger partial charge in [0.05, 0.1) is 17.9 Å². The predicted octanol–water partition coefficient (Wildman–Crippen LogP) is 1.18. The maximum atomic E-state index is 12.4. The van der Waals surface area contributed by atoms with Crippen LogP contribution in [0.15, 0.2) is 18.3 Å². The third-order valence-corrected chi connectivity index (χ3v) is 1.78. The van der Waals surface area contributed by atoms with E-state index in [4.69, 9.17) is 5.11 Å². The molecule has 1 aromatic heterocycles. The molecule has 0 amide bonds. The van der Waals surface area contributed by atoms with Crippen molar-refractivity contribution >= 4 is 0 Å². The number of aliphatic hydroxyl groups is 1. The molecule has 84 valence electrons. The molecule has 1 heterocycles. The molecule has 0 saturated heterocycles. The fourth-order valence-corrected chi connectivity index (χ4v) is 1.12. The van der Waals surface area contributed by atoms with E-state index in [1.54, 1.807) is 0 Å². The minimum Gasteiger partial charge on any atom is -0.395 e. The van der Waals surface area contributed by atoms with E-state index in [0.717, 1.165) is 6.07 Å². The van der Waals surface area contributed by atoms with Gasteiger partial charge in [0.15, 0.2) is 0 Å². The molecule has 1 aromatic rings. The lowest BCUT2D eigenvalue weighted by atomic mass is 10.2. The van der Waals surface area contributed by atoms with Gasteiger partial charge in [0.25, 0.3) is 0 Å². The lowest BCUT2D eigenvalue weighted by molar-refractivity contribution is -0.138. The van der Waals surface area contributed by atoms with Gasteiger partial charge in [-0.05, 0) is 12.1 Å². The molecule has 15 heavy (non-hydrogen) atoms. The Hall–Kier alpha value is -1.14. The van der Waals surface area contributed by atoms with Gasteiger partial charge in [-0.1, -0.05) is 0 Å². The summed E-state index contributed by atoms with van der Waals surface area (Å²) in [6, 6.07) is 2.24. The molecule has 0 unspecified atom stereocenters. The van der Waals surface area contributed by atoms with E-state index in [0.29, 0.717) is 0 Å². The molecule has 0 bridgehead atoms. The second-order valence-electron chi connectivity index (χ2n) is 2.90. The van der Waals surface area contributed by atoms with E-state index in [1.807, 2.05) is 0 Å². The first-order valence-electron chi connectivity index (χ1n) is 4.38. The van der Waals surface area contributed by atoms with Crippen LogP contribution < -0.4 is 5.32 Å². The summed E-state index contributed by atoms with van der Waals surface area (Å²) in [5, 5.41) is 11.1. The molecule has 0 aliphatic heterocycles. The Labute approximate surface area is 85.0 Å². The number of aromatic nitrogens is 1. The van der Waals surface area contributed by atoms with Gasteiger partial charge < -0.3 is 10.4 Å². The molecule has 0 aliphatic carbocycles. The second-order valence-corrected chi connectivity index (χ2v) is 2.90. The largest absolute Gasteiger partial charge is 0.418 e. The molecule has 0 aliphatic rings. The quantitative estimate of drug-likeness (QED) is 0.749. The summed E-state index contributed by atoms with van der Waals surface area (Å²) < 4.78 is 37.3. The Kier molecular flexibility index (Phi) is 4.05. The number of aliphatic hydroxyl groups excluding tert-OH is 1. The second kappa shape index (κ2) is 5.09. The van der Waals surface area contributed by atoms with Crippen molar-refractivity contribution < 1.29 is 18.3 Å². The Morgan fingerprint density at radius 1 is 1.40 bits per heavy atom. The number of alkyl halides is 3. The minimum atomic E-state index is -4.38. The average Bonchev–Trinajstić information content (AvgIpc) is 2.17. The Morgan fingerprint density at radius 2 is 2.13 bits per heavy atom. The van der Waals surface area contributed by atoms with E-state index >= 15 is 0 Å². The minimum absolute atomic E-state index is 0.00373. The fraction of sp³-hybridized carbons (Fsp3) is 0.444. The zero-order valence-electron chi connectivity index (χ0n) is 7.88. The first-order chi connectivity index (χ1) is 7.05. The number of nitrogens with one attached hydrogen (secondary N) is 1. The molecule has 0 radical (unpaired) electrons. The van der Waals surface area contributed by atoms with Crippen molar-refractivity contribution in [3.05, 3.63) is 29.6 Å². The van der Waals surface area contributed by atoms with Crippen LogP contribution in [0.3, 0.4) is 0 Å². The number of halogens is 3. The maximum Gasteiger partial charge on any atom is 0.418 e. The fourth-order valence-electron chi connectivity index (χ4n) is 1.12. The SMILES string of the molecule is OCCNCc1ncccc1C(F)(F)F. The number of hydrogen-bond donors (Lipinski definition) is 2. The van der Waals surface area contributed by atoms with Crippen LogP contribution in [-0.2, 0) is 12.7 Å². The van der Waals surface area contributed by atoms with Crippen molar-refractivity contribution in [2.75, 3.05) is 13.2 Å². The third-order valence-electron chi connectivity index (χ3n) is 1.78. The zero-order chi connectivity index (χ0) is 11.3. The van der Waals surface area contributed by atoms with E-state index < -0.39 is 11.7 Å². The summed E-state index contributed by atoms with van der Waals surface area (Å²) in [6.07, 6.45) is -3.07. The Bertz CT molecular complexity index is 314. The molecule has 0 saturated carbocycles. The Balaban J connectivity index is 2.78. The topological polar surface area (TPSA) is 45.1 Å². The van der Waals surface area contributed by atoms with E-state index in [9.17, 15) is 13.2 Å². The highest BCUT2D eigenvalue weighted by atomic mass is 19.4. The molecule has 2 N–H and O–H groups in total. The summed E-state index contributed by atoms with van der Waals surface area (Å²) in [4.78, 5) is 3.65. The van der Waals surface area contributed by atoms with Crippen molar-refractivity contribution in [2.45, 2.75) is 12.7 Å². The van der Waals surface area contributed by atoms with Crippen LogP contribution in [0.25, 0.3) is 0 Å². The molecular weight excluding hydrogens is 209 g/mol. The lowest BCUT2D eigenvalue weighted by Crippen LogP contribution is -2.21. The molecule has 0 fully saturated rings. The van der Waals surface area contributed by atoms with Gasteiger partial charge in [-0.15, -0.1) is 0 Å². The normalized spacial score (nSPS) is 11.7. The predicted molar refractivity (Wildman–Crippen MR) is 48.0 cm³/mol. The van der Waals surface area contributed by atoms with Crippen LogP contribution in [-0.4, -0.2) is 23.2 Å². The van der Waals surface area contributed by atoms with Gasteiger partial charge in [0, 0.05) is 19.3 Å². The molecule has 1 rings (SSSR count). The molecule has 0 spiro atoms. The van der Waals surface area contributed by atoms with Crippen molar-refractivity contribution in [3.63, 3.8) is 0 Å². The monoisotopic (exact) mass is 220 g/mol. The molecule has 6 heteroatoms. The molecular formula is C9H11F3N2O. The van der Waals surface area contributed by atoms with Gasteiger partial charge in [-0.2, -0.15) is 13.2 Å². The van der Waals surface area contributed by atoms with Gasteiger partial charge in [0.2, 0.25) is 0 Å². The molecule has 3 nitrogen and oxygen atoms in total. The van der Waals surface area contributed by atoms with Crippen LogP contribution in [0.4, 0.5) is 13.2 Å². The van der Waals surface area contributed by atoms with Crippen molar-refractivity contribution in [1.82, 2.24) is 10.3 Å². The van der Waals surface area contributed by atoms with Crippen LogP contribution in [0.5, 0.6) is 0 Å². The summed E-state index contributed by atoms with van der Waals surface area (Å²) in [5.74, 6) is 0. The first-order valence-corrected chi connectivity index (χ1v) is 4.38. The van der Waals surface area contributed by atoms with Crippen molar-refractivity contribution in [3.8, 4) is 0 Å². The molecule has 0 aromatic carbocycles. The maximum absolute atomic E-state index is 12.4. The van der Waals surface area contributed by atoms with Crippen molar-refractivity contribution in [2.24, 2.45) is 0 Å². The number of rotatable bonds is 4. The highest BCUT2D eigenvalue weighted by Gasteiger charge is 2.33. The standard InChI is InChI=1S/C9H11F3N2O/c10-9(11,12)7-2-1-3-14-8(7)6-13-4-5-15/h1-3,13,15H,4-6H2. The van der Waals surface area contributed by atoms with E-state index in [2.05, 4.69) is 10.3 Å². The smallest absolute Gasteiger partial charge is 0.395 e. The number of nitrogens with zero attached hydrogens (tertiary/aromatic N) is 1. The summed E-state index contributed by atoms with van der Waals surface area (Å²) >= 11 is 0. The number of hydrogen-bond acceptors (Lipinski definition) is 3.